The van der Waals surface area contributed by atoms with E-state index in [1.54, 1.807) is 18.8 Å². The van der Waals surface area contributed by atoms with Crippen LogP contribution in [0.5, 0.6) is 0 Å². The molecule has 0 saturated heterocycles. The maximum Gasteiger partial charge on any atom is 0.408 e. The monoisotopic (exact) mass is 297 g/mol. The highest BCUT2D eigenvalue weighted by molar-refractivity contribution is 7.51. The smallest absolute Gasteiger partial charge is 0.408 e. The molecule has 0 atom stereocenters. The molecule has 0 aliphatic heterocycles. The Morgan fingerprint density at radius 3 is 1.78 bits per heavy atom. The molecular formula is C11H28NO4PSi. The van der Waals surface area contributed by atoms with Gasteiger partial charge in [-0.2, -0.15) is 0 Å². The SMILES string of the molecule is CO[Si](C)(C)CN(C)P(=O)(OC(C)C)OC(C)C. The molecule has 0 aromatic carbocycles. The summed E-state index contributed by atoms with van der Waals surface area (Å²) in [6.45, 7) is 11.5. The Morgan fingerprint density at radius 1 is 1.11 bits per heavy atom. The van der Waals surface area contributed by atoms with Crippen molar-refractivity contribution in [2.75, 3.05) is 20.3 Å². The van der Waals surface area contributed by atoms with Crippen LogP contribution in [0.15, 0.2) is 0 Å². The minimum atomic E-state index is -3.24. The minimum absolute atomic E-state index is 0.149. The first kappa shape index (κ1) is 18.3. The Balaban J connectivity index is 4.90. The molecule has 0 unspecified atom stereocenters. The summed E-state index contributed by atoms with van der Waals surface area (Å²) in [5.74, 6) is 0. The molecule has 0 aliphatic carbocycles. The molecule has 0 fully saturated rings. The molecule has 0 aromatic rings. The van der Waals surface area contributed by atoms with Gasteiger partial charge in [0.1, 0.15) is 0 Å². The van der Waals surface area contributed by atoms with Gasteiger partial charge in [0, 0.05) is 13.3 Å². The van der Waals surface area contributed by atoms with E-state index >= 15 is 0 Å². The summed E-state index contributed by atoms with van der Waals surface area (Å²) in [6, 6.07) is 0. The first-order valence-electron chi connectivity index (χ1n) is 6.26. The highest BCUT2D eigenvalue weighted by atomic mass is 31.2. The highest BCUT2D eigenvalue weighted by Crippen LogP contribution is 2.53. The molecule has 0 bridgehead atoms. The Labute approximate surface area is 113 Å². The summed E-state index contributed by atoms with van der Waals surface area (Å²) < 4.78 is 31.0. The first-order valence-corrected chi connectivity index (χ1v) is 10.9. The molecule has 7 heteroatoms. The molecule has 18 heavy (non-hydrogen) atoms. The summed E-state index contributed by atoms with van der Waals surface area (Å²) in [4.78, 5) is 0. The third-order valence-electron chi connectivity index (χ3n) is 2.27. The molecule has 0 N–H and O–H groups in total. The van der Waals surface area contributed by atoms with Gasteiger partial charge in [0.15, 0.2) is 0 Å². The second-order valence-electron chi connectivity index (χ2n) is 5.56. The zero-order valence-corrected chi connectivity index (χ0v) is 14.8. The molecule has 5 nitrogen and oxygen atoms in total. The van der Waals surface area contributed by atoms with Crippen molar-refractivity contribution >= 4 is 16.1 Å². The van der Waals surface area contributed by atoms with E-state index in [1.807, 2.05) is 27.7 Å². The van der Waals surface area contributed by atoms with Crippen molar-refractivity contribution in [1.29, 1.82) is 0 Å². The molecule has 0 rings (SSSR count). The van der Waals surface area contributed by atoms with E-state index in [0.29, 0.717) is 6.17 Å². The van der Waals surface area contributed by atoms with Gasteiger partial charge in [-0.25, -0.2) is 9.24 Å². The normalized spacial score (nSPS) is 13.9. The highest BCUT2D eigenvalue weighted by Gasteiger charge is 2.37. The van der Waals surface area contributed by atoms with Crippen molar-refractivity contribution in [1.82, 2.24) is 4.67 Å². The summed E-state index contributed by atoms with van der Waals surface area (Å²) in [5.41, 5.74) is 0. The van der Waals surface area contributed by atoms with Crippen molar-refractivity contribution in [3.63, 3.8) is 0 Å². The van der Waals surface area contributed by atoms with E-state index in [2.05, 4.69) is 13.1 Å². The van der Waals surface area contributed by atoms with Crippen LogP contribution in [0.4, 0.5) is 0 Å². The molecule has 0 spiro atoms. The van der Waals surface area contributed by atoms with Gasteiger partial charge in [0.2, 0.25) is 8.32 Å². The third kappa shape index (κ3) is 6.45. The van der Waals surface area contributed by atoms with Crippen LogP contribution in [0, 0.1) is 0 Å². The minimum Gasteiger partial charge on any atom is -0.419 e. The van der Waals surface area contributed by atoms with Crippen LogP contribution >= 0.6 is 7.75 Å². The van der Waals surface area contributed by atoms with Gasteiger partial charge in [-0.05, 0) is 47.8 Å². The maximum absolute atomic E-state index is 12.8. The maximum atomic E-state index is 12.8. The van der Waals surface area contributed by atoms with Crippen LogP contribution in [0.25, 0.3) is 0 Å². The fourth-order valence-electron chi connectivity index (χ4n) is 1.42. The summed E-state index contributed by atoms with van der Waals surface area (Å²) in [6.07, 6.45) is 0.300. The molecular weight excluding hydrogens is 269 g/mol. The van der Waals surface area contributed by atoms with Crippen LogP contribution < -0.4 is 0 Å². The number of hydrogen-bond donors (Lipinski definition) is 0. The molecule has 0 heterocycles. The Morgan fingerprint density at radius 2 is 1.50 bits per heavy atom. The number of nitrogens with zero attached hydrogens (tertiary/aromatic N) is 1. The second-order valence-corrected chi connectivity index (χ2v) is 11.8. The topological polar surface area (TPSA) is 48.0 Å². The van der Waals surface area contributed by atoms with Gasteiger partial charge >= 0.3 is 7.75 Å². The largest absolute Gasteiger partial charge is 0.419 e. The zero-order chi connectivity index (χ0) is 14.6. The Kier molecular flexibility index (Phi) is 7.29. The van der Waals surface area contributed by atoms with E-state index in [4.69, 9.17) is 13.5 Å². The van der Waals surface area contributed by atoms with Crippen LogP contribution in [-0.4, -0.2) is 45.5 Å². The van der Waals surface area contributed by atoms with Crippen LogP contribution in [0.3, 0.4) is 0 Å². The van der Waals surface area contributed by atoms with Crippen molar-refractivity contribution < 1.29 is 18.0 Å². The lowest BCUT2D eigenvalue weighted by Crippen LogP contribution is -2.42. The zero-order valence-electron chi connectivity index (χ0n) is 12.9. The quantitative estimate of drug-likeness (QED) is 0.508. The lowest BCUT2D eigenvalue weighted by Gasteiger charge is -2.33. The Bertz CT molecular complexity index is 283. The van der Waals surface area contributed by atoms with E-state index < -0.39 is 16.1 Å². The van der Waals surface area contributed by atoms with Crippen LogP contribution in [-0.2, 0) is 18.0 Å². The van der Waals surface area contributed by atoms with Gasteiger partial charge in [0.05, 0.1) is 12.2 Å². The van der Waals surface area contributed by atoms with E-state index in [1.165, 1.54) is 0 Å². The van der Waals surface area contributed by atoms with Gasteiger partial charge in [-0.3, -0.25) is 9.05 Å². The van der Waals surface area contributed by atoms with E-state index in [0.717, 1.165) is 0 Å². The fourth-order valence-corrected chi connectivity index (χ4v) is 5.80. The first-order chi connectivity index (χ1) is 8.02. The van der Waals surface area contributed by atoms with Crippen molar-refractivity contribution in [2.24, 2.45) is 0 Å². The fraction of sp³-hybridized carbons (Fsp3) is 1.00. The average molecular weight is 297 g/mol. The summed E-state index contributed by atoms with van der Waals surface area (Å²) in [7, 11) is -1.65. The second kappa shape index (κ2) is 7.17. The van der Waals surface area contributed by atoms with Crippen molar-refractivity contribution in [3.05, 3.63) is 0 Å². The Hall–Kier alpha value is 0.287. The predicted molar refractivity (Wildman–Crippen MR) is 77.2 cm³/mol. The van der Waals surface area contributed by atoms with Crippen LogP contribution in [0.1, 0.15) is 27.7 Å². The van der Waals surface area contributed by atoms with Crippen molar-refractivity contribution in [3.8, 4) is 0 Å². The van der Waals surface area contributed by atoms with Gasteiger partial charge in [-0.1, -0.05) is 0 Å². The van der Waals surface area contributed by atoms with Crippen molar-refractivity contribution in [2.45, 2.75) is 53.0 Å². The molecule has 0 amide bonds. The molecule has 0 aromatic heterocycles. The molecule has 110 valence electrons. The predicted octanol–water partition coefficient (Wildman–Crippen LogP) is 3.27. The number of hydrogen-bond acceptors (Lipinski definition) is 4. The summed E-state index contributed by atoms with van der Waals surface area (Å²) in [5, 5.41) is 0. The van der Waals surface area contributed by atoms with E-state index in [-0.39, 0.29) is 12.2 Å². The van der Waals surface area contributed by atoms with Crippen LogP contribution in [0.2, 0.25) is 13.1 Å². The number of rotatable bonds is 8. The lowest BCUT2D eigenvalue weighted by molar-refractivity contribution is 0.114. The molecule has 0 aliphatic rings. The van der Waals surface area contributed by atoms with Gasteiger partial charge < -0.3 is 4.43 Å². The van der Waals surface area contributed by atoms with Gasteiger partial charge in [0.25, 0.3) is 0 Å². The third-order valence-corrected chi connectivity index (χ3v) is 7.23. The van der Waals surface area contributed by atoms with E-state index in [9.17, 15) is 4.57 Å². The molecule has 0 saturated carbocycles. The van der Waals surface area contributed by atoms with Gasteiger partial charge in [-0.15, -0.1) is 0 Å². The standard InChI is InChI=1S/C11H28NO4PSi/c1-10(2)15-17(13,16-11(3)4)12(5)9-18(7,8)14-6/h10-11H,9H2,1-8H3. The average Bonchev–Trinajstić information content (AvgIpc) is 2.14. The lowest BCUT2D eigenvalue weighted by atomic mass is 10.5. The molecule has 0 radical (unpaired) electrons. The summed E-state index contributed by atoms with van der Waals surface area (Å²) >= 11 is 0.